The lowest BCUT2D eigenvalue weighted by Crippen LogP contribution is -2.32. The van der Waals surface area contributed by atoms with Gasteiger partial charge in [-0.15, -0.1) is 0 Å². The number of esters is 4. The molecule has 6 aliphatic rings. The minimum Gasteiger partial charge on any atom is -0.482 e. The summed E-state index contributed by atoms with van der Waals surface area (Å²) in [5.74, 6) is 3.67. The lowest BCUT2D eigenvalue weighted by Gasteiger charge is -2.33. The number of nitro benzene ring substituents is 1. The van der Waals surface area contributed by atoms with Gasteiger partial charge in [0.15, 0.2) is 19.8 Å². The van der Waals surface area contributed by atoms with E-state index in [4.69, 9.17) is 93.2 Å². The highest BCUT2D eigenvalue weighted by Crippen LogP contribution is 2.53. The summed E-state index contributed by atoms with van der Waals surface area (Å²) < 4.78 is 52.1. The second kappa shape index (κ2) is 66.1. The average molecular weight is 2050 g/mol. The van der Waals surface area contributed by atoms with Crippen molar-refractivity contribution in [2.24, 2.45) is 64.7 Å². The largest absolute Gasteiger partial charge is 0.482 e. The van der Waals surface area contributed by atoms with Crippen LogP contribution in [0.25, 0.3) is 0 Å². The van der Waals surface area contributed by atoms with Crippen LogP contribution in [0, 0.1) is 63.4 Å². The Kier molecular flexibility index (Phi) is 52.8. The lowest BCUT2D eigenvalue weighted by atomic mass is 9.73. The van der Waals surface area contributed by atoms with Crippen molar-refractivity contribution in [1.82, 2.24) is 16.0 Å². The zero-order valence-electron chi connectivity index (χ0n) is 86.0. The summed E-state index contributed by atoms with van der Waals surface area (Å²) >= 11 is 0. The van der Waals surface area contributed by atoms with Crippen LogP contribution >= 0.6 is 0 Å². The summed E-state index contributed by atoms with van der Waals surface area (Å²) in [4.78, 5) is 138. The zero-order chi connectivity index (χ0) is 105. The summed E-state index contributed by atoms with van der Waals surface area (Å²) in [5.41, 5.74) is 20.9. The number of benzene rings is 7. The third-order valence-corrected chi connectivity index (χ3v) is 28.0. The molecule has 7 aromatic carbocycles. The maximum atomic E-state index is 12.2. The second-order valence-corrected chi connectivity index (χ2v) is 38.1. The SMILES string of the molecule is CCCCCC(CCC1C(OOCCN)CC2Cc3c(cccc3OCC(=O)OC)CC21)OOCCN.CCCCCC(CCC1C(OOCCNC(=O)OCc2ccccc2)CC2Cc3c(cccc3OCC(=O)OC)CC21)OOCCNC(=O)OCc1ccccc1.CCCCCC(O)CCC1C(O)CC2Cc3c(cccc3OCC(=O)OC)CC21.O=C(CNC(=O)OCc1ccccc1)Oc1ccc([N+](=O)[O-])cc1. The van der Waals surface area contributed by atoms with Gasteiger partial charge in [-0.3, -0.25) is 10.1 Å². The molecule has 3 saturated carbocycles. The number of carbonyl (C=O) groups is 7. The van der Waals surface area contributed by atoms with Crippen molar-refractivity contribution < 1.29 is 135 Å². The first kappa shape index (κ1) is 117. The van der Waals surface area contributed by atoms with Gasteiger partial charge in [-0.1, -0.05) is 206 Å². The monoisotopic (exact) mass is 2050 g/mol. The predicted octanol–water partition coefficient (Wildman–Crippen LogP) is 17.0. The molecule has 9 N–H and O–H groups in total. The van der Waals surface area contributed by atoms with Crippen LogP contribution in [0.15, 0.2) is 170 Å². The van der Waals surface area contributed by atoms with E-state index in [1.54, 1.807) is 12.1 Å². The Labute approximate surface area is 863 Å². The number of rotatable bonds is 58. The number of hydrogen-bond donors (Lipinski definition) is 7. The number of nitrogens with one attached hydrogen (secondary N) is 3. The Hall–Kier alpha value is -11.5. The highest BCUT2D eigenvalue weighted by molar-refractivity contribution is 5.79. The van der Waals surface area contributed by atoms with Crippen LogP contribution in [0.1, 0.15) is 206 Å². The molecule has 0 bridgehead atoms. The van der Waals surface area contributed by atoms with Crippen LogP contribution in [-0.2, 0) is 145 Å². The van der Waals surface area contributed by atoms with Crippen LogP contribution in [0.5, 0.6) is 23.0 Å². The summed E-state index contributed by atoms with van der Waals surface area (Å²) in [6.07, 6.45) is 23.1. The van der Waals surface area contributed by atoms with Gasteiger partial charge in [0.1, 0.15) is 49.4 Å². The molecule has 15 atom stereocenters. The predicted molar refractivity (Wildman–Crippen MR) is 546 cm³/mol. The molecular formula is C112H154N6O29. The van der Waals surface area contributed by atoms with E-state index in [0.717, 1.165) is 181 Å². The molecule has 7 aromatic rings. The second-order valence-electron chi connectivity index (χ2n) is 38.1. The number of aliphatic hydroxyl groups excluding tert-OH is 2. The molecule has 13 rings (SSSR count). The number of carbonyl (C=O) groups excluding carboxylic acids is 7. The summed E-state index contributed by atoms with van der Waals surface area (Å²) in [7, 11) is 4.07. The van der Waals surface area contributed by atoms with Crippen molar-refractivity contribution >= 4 is 47.8 Å². The minimum atomic E-state index is -0.750. The Balaban J connectivity index is 0.000000212. The molecule has 147 heavy (non-hydrogen) atoms. The molecule has 0 radical (unpaired) electrons. The quantitative estimate of drug-likeness (QED) is 0.00354. The first-order valence-electron chi connectivity index (χ1n) is 52.2. The molecule has 806 valence electrons. The first-order chi connectivity index (χ1) is 71.6. The van der Waals surface area contributed by atoms with E-state index >= 15 is 0 Å². The van der Waals surface area contributed by atoms with Gasteiger partial charge in [0.25, 0.3) is 5.69 Å². The number of aliphatic hydroxyl groups is 2. The first-order valence-corrected chi connectivity index (χ1v) is 52.2. The Morgan fingerprint density at radius 2 is 0.789 bits per heavy atom. The number of nitro groups is 1. The number of nitrogens with two attached hydrogens (primary N) is 2. The van der Waals surface area contributed by atoms with Gasteiger partial charge >= 0.3 is 42.2 Å². The Morgan fingerprint density at radius 3 is 1.20 bits per heavy atom. The lowest BCUT2D eigenvalue weighted by molar-refractivity contribution is -0.384. The Bertz CT molecular complexity index is 5020. The van der Waals surface area contributed by atoms with Gasteiger partial charge < -0.3 is 85.0 Å². The maximum Gasteiger partial charge on any atom is 0.407 e. The molecule has 0 aliphatic heterocycles. The summed E-state index contributed by atoms with van der Waals surface area (Å²) in [6.45, 7) is 8.77. The number of hydrogen-bond acceptors (Lipinski definition) is 31. The number of nitrogens with zero attached hydrogens (tertiary/aromatic N) is 1. The molecule has 3 amide bonds. The van der Waals surface area contributed by atoms with Crippen LogP contribution in [0.2, 0.25) is 0 Å². The van der Waals surface area contributed by atoms with Crippen LogP contribution in [-0.4, -0.2) is 194 Å². The number of unbranched alkanes of at least 4 members (excludes halogenated alkanes) is 6. The van der Waals surface area contributed by atoms with Gasteiger partial charge in [-0.25, -0.2) is 72.7 Å². The number of fused-ring (bicyclic) bond motifs is 6. The van der Waals surface area contributed by atoms with Gasteiger partial charge in [0.2, 0.25) is 0 Å². The van der Waals surface area contributed by atoms with E-state index in [0.29, 0.717) is 73.5 Å². The molecule has 3 fully saturated rings. The number of methoxy groups -OCH3 is 3. The van der Waals surface area contributed by atoms with Crippen LogP contribution in [0.4, 0.5) is 20.1 Å². The third kappa shape index (κ3) is 40.5. The van der Waals surface area contributed by atoms with Gasteiger partial charge in [-0.2, -0.15) is 0 Å². The molecule has 0 saturated heterocycles. The van der Waals surface area contributed by atoms with Crippen molar-refractivity contribution in [2.75, 3.05) is 100 Å². The highest BCUT2D eigenvalue weighted by Gasteiger charge is 2.50. The minimum absolute atomic E-state index is 0.00319. The van der Waals surface area contributed by atoms with Crippen molar-refractivity contribution in [3.63, 3.8) is 0 Å². The topological polar surface area (TPSA) is 457 Å². The van der Waals surface area contributed by atoms with Crippen LogP contribution in [0.3, 0.4) is 0 Å². The third-order valence-electron chi connectivity index (χ3n) is 28.0. The van der Waals surface area contributed by atoms with Crippen molar-refractivity contribution in [3.8, 4) is 23.0 Å². The molecule has 0 spiro atoms. The average Bonchev–Trinajstić information content (AvgIpc) is 1.64. The van der Waals surface area contributed by atoms with E-state index < -0.39 is 35.1 Å². The molecule has 15 unspecified atom stereocenters. The Morgan fingerprint density at radius 1 is 0.415 bits per heavy atom. The highest BCUT2D eigenvalue weighted by atomic mass is 17.2. The smallest absolute Gasteiger partial charge is 0.407 e. The fourth-order valence-electron chi connectivity index (χ4n) is 20.5. The van der Waals surface area contributed by atoms with Crippen molar-refractivity contribution in [2.45, 2.75) is 251 Å². The van der Waals surface area contributed by atoms with Crippen LogP contribution < -0.4 is 46.4 Å². The molecule has 35 heteroatoms. The molecule has 0 heterocycles. The van der Waals surface area contributed by atoms with E-state index in [1.807, 2.05) is 115 Å². The summed E-state index contributed by atoms with van der Waals surface area (Å²) in [6, 6.07) is 51.3. The number of amides is 3. The van der Waals surface area contributed by atoms with Gasteiger partial charge in [0.05, 0.1) is 89.3 Å². The normalized spacial score (nSPS) is 20.0. The maximum absolute atomic E-state index is 12.2. The van der Waals surface area contributed by atoms with E-state index in [9.17, 15) is 53.9 Å². The van der Waals surface area contributed by atoms with E-state index in [-0.39, 0.29) is 144 Å². The number of non-ortho nitro benzene ring substituents is 1. The fourth-order valence-corrected chi connectivity index (χ4v) is 20.5. The standard InChI is InChI=1S/C44H58N2O11.C28H46N2O7.C24H36O5.C16H14N2O6/c1-3-4-7-18-36(56-54-24-22-45-43(48)52-29-32-13-8-5-9-14-32)20-21-37-38-26-34-17-12-19-40(51-31-42(47)50-2)39(34)27-35(38)28-41(37)57-55-25-23-46-44(49)53-30-33-15-10-6-11-16-33;1-3-4-5-8-22(36-34-14-12-29)10-11-23-24-16-20-7-6-9-26(33-19-28(31)32-2)25(20)17-21(24)18-27(23)37-35-15-13-30;1-3-4-5-8-18(25)10-11-19-20-12-16-7-6-9-23(29-15-24(27)28-2)21(16)13-17(20)14-22(19)26;19-15(24-14-8-6-13(7-9-14)18(21)22)10-17-16(20)23-11-12-4-2-1-3-5-12/h5-6,8-17,19,35-38,41H,3-4,7,18,20-31H2,1-2H3,(H,45,48)(H,46,49);6-7,9,21-24,27H,3-5,8,10-19,29-30H2,1-2H3;6-7,9,17-20,22,25-26H,3-5,8,10-15H2,1-2H3;1-9H,10-11H2,(H,17,20). The molecule has 6 aliphatic carbocycles. The van der Waals surface area contributed by atoms with Gasteiger partial charge in [-0.05, 0) is 249 Å². The fraction of sp³-hybridized carbons (Fsp3) is 0.562. The van der Waals surface area contributed by atoms with E-state index in [2.05, 4.69) is 59.7 Å². The number of alkyl carbamates (subject to hydrolysis) is 3. The molecular weight excluding hydrogens is 1890 g/mol. The molecule has 35 nitrogen and oxygen atoms in total. The van der Waals surface area contributed by atoms with Gasteiger partial charge in [0, 0.05) is 38.3 Å². The molecule has 0 aromatic heterocycles. The summed E-state index contributed by atoms with van der Waals surface area (Å²) in [5, 5.41) is 39.2. The zero-order valence-corrected chi connectivity index (χ0v) is 86.0. The van der Waals surface area contributed by atoms with Crippen molar-refractivity contribution in [3.05, 3.63) is 230 Å². The van der Waals surface area contributed by atoms with Crippen molar-refractivity contribution in [1.29, 1.82) is 0 Å². The number of ether oxygens (including phenoxy) is 10. The van der Waals surface area contributed by atoms with E-state index in [1.165, 1.54) is 99.1 Å².